The molecule has 2 heterocycles. The molecule has 0 aliphatic carbocycles. The smallest absolute Gasteiger partial charge is 0.407 e. The highest BCUT2D eigenvalue weighted by Gasteiger charge is 2.39. The molecular weight excluding hydrogens is 370 g/mol. The van der Waals surface area contributed by atoms with Crippen LogP contribution in [0.25, 0.3) is 0 Å². The highest BCUT2D eigenvalue weighted by Crippen LogP contribution is 2.25. The third-order valence-corrected chi connectivity index (χ3v) is 5.71. The van der Waals surface area contributed by atoms with E-state index in [4.69, 9.17) is 9.47 Å². The summed E-state index contributed by atoms with van der Waals surface area (Å²) in [5.74, 6) is 0.673. The number of hydrogen-bond acceptors (Lipinski definition) is 5. The lowest BCUT2D eigenvalue weighted by atomic mass is 9.98. The van der Waals surface area contributed by atoms with E-state index in [9.17, 15) is 9.59 Å². The van der Waals surface area contributed by atoms with Crippen molar-refractivity contribution in [3.63, 3.8) is 0 Å². The summed E-state index contributed by atoms with van der Waals surface area (Å²) in [5.41, 5.74) is -0.515. The van der Waals surface area contributed by atoms with Crippen molar-refractivity contribution in [3.8, 4) is 0 Å². The molecule has 0 radical (unpaired) electrons. The third-order valence-electron chi connectivity index (χ3n) is 5.71. The second-order valence-electron chi connectivity index (χ2n) is 10.2. The van der Waals surface area contributed by atoms with E-state index in [0.29, 0.717) is 6.54 Å². The number of carbonyl (C=O) groups is 2. The van der Waals surface area contributed by atoms with E-state index in [0.717, 1.165) is 26.1 Å². The number of nitrogens with zero attached hydrogens (tertiary/aromatic N) is 2. The van der Waals surface area contributed by atoms with Crippen molar-refractivity contribution >= 4 is 12.0 Å². The van der Waals surface area contributed by atoms with Crippen LogP contribution >= 0.6 is 0 Å². The summed E-state index contributed by atoms with van der Waals surface area (Å²) in [6.07, 6.45) is 0.768. The number of ether oxygens (including phenoxy) is 2. The molecule has 0 aromatic heterocycles. The van der Waals surface area contributed by atoms with Crippen LogP contribution in [0.3, 0.4) is 0 Å². The highest BCUT2D eigenvalue weighted by molar-refractivity contribution is 5.82. The summed E-state index contributed by atoms with van der Waals surface area (Å²) in [6.45, 7) is 18.9. The second kappa shape index (κ2) is 9.65. The van der Waals surface area contributed by atoms with E-state index in [1.165, 1.54) is 0 Å². The minimum absolute atomic E-state index is 0.0384. The molecule has 1 N–H and O–H groups in total. The van der Waals surface area contributed by atoms with Gasteiger partial charge in [-0.25, -0.2) is 4.79 Å². The molecule has 2 rings (SSSR count). The number of alkyl carbamates (subject to hydrolysis) is 1. The van der Waals surface area contributed by atoms with Gasteiger partial charge in [0.2, 0.25) is 5.91 Å². The second-order valence-corrected chi connectivity index (χ2v) is 10.2. The summed E-state index contributed by atoms with van der Waals surface area (Å²) < 4.78 is 11.2. The number of rotatable bonds is 5. The van der Waals surface area contributed by atoms with Gasteiger partial charge in [-0.15, -0.1) is 0 Å². The van der Waals surface area contributed by atoms with E-state index in [1.54, 1.807) is 0 Å². The quantitative estimate of drug-likeness (QED) is 0.753. The number of hydrogen-bond donors (Lipinski definition) is 1. The minimum atomic E-state index is -0.515. The van der Waals surface area contributed by atoms with Crippen molar-refractivity contribution in [2.24, 2.45) is 11.8 Å². The van der Waals surface area contributed by atoms with Crippen molar-refractivity contribution in [2.75, 3.05) is 26.2 Å². The lowest BCUT2D eigenvalue weighted by Crippen LogP contribution is -2.57. The predicted octanol–water partition coefficient (Wildman–Crippen LogP) is 2.88. The molecular formula is C22H41N3O4. The average Bonchev–Trinajstić information content (AvgIpc) is 3.01. The summed E-state index contributed by atoms with van der Waals surface area (Å²) in [5, 5.41) is 2.94. The molecule has 0 spiro atoms. The van der Waals surface area contributed by atoms with Gasteiger partial charge in [0.15, 0.2) is 0 Å². The molecule has 168 valence electrons. The van der Waals surface area contributed by atoms with Crippen LogP contribution < -0.4 is 5.32 Å². The predicted molar refractivity (Wildman–Crippen MR) is 114 cm³/mol. The number of amides is 2. The van der Waals surface area contributed by atoms with Gasteiger partial charge in [-0.05, 0) is 59.8 Å². The number of carbonyl (C=O) groups excluding carboxylic acids is 2. The average molecular weight is 412 g/mol. The monoisotopic (exact) mass is 411 g/mol. The van der Waals surface area contributed by atoms with Gasteiger partial charge in [0, 0.05) is 32.2 Å². The van der Waals surface area contributed by atoms with Gasteiger partial charge < -0.3 is 19.7 Å². The third kappa shape index (κ3) is 6.85. The first-order chi connectivity index (χ1) is 13.4. The summed E-state index contributed by atoms with van der Waals surface area (Å²) >= 11 is 0. The number of morpholine rings is 1. The Morgan fingerprint density at radius 1 is 1.07 bits per heavy atom. The topological polar surface area (TPSA) is 71.1 Å². The zero-order valence-electron chi connectivity index (χ0n) is 19.5. The van der Waals surface area contributed by atoms with Crippen LogP contribution in [0.2, 0.25) is 0 Å². The van der Waals surface area contributed by atoms with Crippen LogP contribution in [0.1, 0.15) is 61.8 Å². The first-order valence-corrected chi connectivity index (χ1v) is 11.0. The fourth-order valence-corrected chi connectivity index (χ4v) is 4.50. The lowest BCUT2D eigenvalue weighted by Gasteiger charge is -2.42. The Hall–Kier alpha value is -1.34. The molecule has 2 fully saturated rings. The first kappa shape index (κ1) is 23.9. The van der Waals surface area contributed by atoms with Crippen LogP contribution in [-0.4, -0.2) is 77.9 Å². The Balaban J connectivity index is 1.96. The summed E-state index contributed by atoms with van der Waals surface area (Å²) in [4.78, 5) is 29.8. The molecule has 2 aliphatic heterocycles. The largest absolute Gasteiger partial charge is 0.444 e. The van der Waals surface area contributed by atoms with Crippen LogP contribution in [-0.2, 0) is 14.3 Å². The Bertz CT molecular complexity index is 565. The van der Waals surface area contributed by atoms with Crippen molar-refractivity contribution < 1.29 is 19.1 Å². The molecule has 0 saturated carbocycles. The number of likely N-dealkylation sites (tertiary alicyclic amines) is 1. The fraction of sp³-hybridized carbons (Fsp3) is 0.909. The van der Waals surface area contributed by atoms with Crippen LogP contribution in [0.15, 0.2) is 0 Å². The van der Waals surface area contributed by atoms with E-state index >= 15 is 0 Å². The molecule has 0 bridgehead atoms. The van der Waals surface area contributed by atoms with Gasteiger partial charge in [0.25, 0.3) is 0 Å². The van der Waals surface area contributed by atoms with Crippen LogP contribution in [0, 0.1) is 11.8 Å². The zero-order chi connectivity index (χ0) is 21.9. The highest BCUT2D eigenvalue weighted by atomic mass is 16.6. The van der Waals surface area contributed by atoms with E-state index in [1.807, 2.05) is 32.6 Å². The minimum Gasteiger partial charge on any atom is -0.444 e. The lowest BCUT2D eigenvalue weighted by molar-refractivity contribution is -0.144. The Labute approximate surface area is 176 Å². The summed E-state index contributed by atoms with van der Waals surface area (Å²) in [7, 11) is 0. The molecule has 5 unspecified atom stereocenters. The molecule has 7 heteroatoms. The van der Waals surface area contributed by atoms with Crippen LogP contribution in [0.4, 0.5) is 4.79 Å². The SMILES string of the molecule is CC1CN(C(C(=O)N2CCC(C(C)NC(=O)OC(C)(C)C)C2)C(C)C)CC(C)O1. The molecule has 29 heavy (non-hydrogen) atoms. The van der Waals surface area contributed by atoms with Crippen molar-refractivity contribution in [1.82, 2.24) is 15.1 Å². The van der Waals surface area contributed by atoms with Crippen molar-refractivity contribution in [3.05, 3.63) is 0 Å². The zero-order valence-corrected chi connectivity index (χ0v) is 19.5. The maximum Gasteiger partial charge on any atom is 0.407 e. The van der Waals surface area contributed by atoms with E-state index in [2.05, 4.69) is 37.9 Å². The van der Waals surface area contributed by atoms with Gasteiger partial charge in [-0.3, -0.25) is 9.69 Å². The Morgan fingerprint density at radius 2 is 1.66 bits per heavy atom. The summed E-state index contributed by atoms with van der Waals surface area (Å²) in [6, 6.07) is -0.166. The van der Waals surface area contributed by atoms with Crippen LogP contribution in [0.5, 0.6) is 0 Å². The molecule has 2 saturated heterocycles. The van der Waals surface area contributed by atoms with Gasteiger partial charge in [0.05, 0.1) is 18.2 Å². The molecule has 7 nitrogen and oxygen atoms in total. The number of nitrogens with one attached hydrogen (secondary N) is 1. The van der Waals surface area contributed by atoms with Crippen molar-refractivity contribution in [1.29, 1.82) is 0 Å². The Kier molecular flexibility index (Phi) is 7.96. The molecule has 0 aromatic rings. The molecule has 2 amide bonds. The molecule has 0 aromatic carbocycles. The maximum atomic E-state index is 13.4. The van der Waals surface area contributed by atoms with Gasteiger partial charge in [0.1, 0.15) is 5.60 Å². The van der Waals surface area contributed by atoms with Crippen molar-refractivity contribution in [2.45, 2.75) is 91.7 Å². The van der Waals surface area contributed by atoms with Gasteiger partial charge in [-0.1, -0.05) is 13.8 Å². The standard InChI is InChI=1S/C22H41N3O4/c1-14(2)19(25-11-15(3)28-16(4)12-25)20(26)24-10-9-18(13-24)17(5)23-21(27)29-22(6,7)8/h14-19H,9-13H2,1-8H3,(H,23,27). The van der Waals surface area contributed by atoms with Gasteiger partial charge >= 0.3 is 6.09 Å². The van der Waals surface area contributed by atoms with E-state index in [-0.39, 0.29) is 42.0 Å². The van der Waals surface area contributed by atoms with E-state index < -0.39 is 11.7 Å². The fourth-order valence-electron chi connectivity index (χ4n) is 4.50. The first-order valence-electron chi connectivity index (χ1n) is 11.0. The normalized spacial score (nSPS) is 28.3. The maximum absolute atomic E-state index is 13.4. The molecule has 2 aliphatic rings. The van der Waals surface area contributed by atoms with Gasteiger partial charge in [-0.2, -0.15) is 0 Å². The Morgan fingerprint density at radius 3 is 2.17 bits per heavy atom. The molecule has 5 atom stereocenters.